The number of nitrogens with zero attached hydrogens (tertiary/aromatic N) is 2. The number of ether oxygens (including phenoxy) is 2. The molecule has 8 heteroatoms. The highest BCUT2D eigenvalue weighted by Crippen LogP contribution is 2.31. The van der Waals surface area contributed by atoms with E-state index < -0.39 is 0 Å². The van der Waals surface area contributed by atoms with Gasteiger partial charge in [0, 0.05) is 0 Å². The number of aryl methyl sites for hydroxylation is 1. The Labute approximate surface area is 171 Å². The Bertz CT molecular complexity index is 992. The molecule has 28 heavy (non-hydrogen) atoms. The van der Waals surface area contributed by atoms with Crippen LogP contribution in [0.2, 0.25) is 0 Å². The second-order valence-corrected chi connectivity index (χ2v) is 7.94. The highest BCUT2D eigenvalue weighted by atomic mass is 32.2. The summed E-state index contributed by atoms with van der Waals surface area (Å²) < 4.78 is 11.6. The number of nitrogens with one attached hydrogen (secondary N) is 1. The highest BCUT2D eigenvalue weighted by Gasteiger charge is 2.24. The van der Waals surface area contributed by atoms with Crippen LogP contribution in [-0.4, -0.2) is 41.4 Å². The topological polar surface area (TPSA) is 73.3 Å². The van der Waals surface area contributed by atoms with Gasteiger partial charge in [-0.1, -0.05) is 18.2 Å². The van der Waals surface area contributed by atoms with Gasteiger partial charge < -0.3 is 14.8 Å². The number of hydrogen-bond donors (Lipinski definition) is 1. The first kappa shape index (κ1) is 18.8. The summed E-state index contributed by atoms with van der Waals surface area (Å²) in [5.74, 6) is 1.86. The zero-order valence-electron chi connectivity index (χ0n) is 15.5. The van der Waals surface area contributed by atoms with Gasteiger partial charge in [0.2, 0.25) is 0 Å². The Balaban J connectivity index is 1.48. The van der Waals surface area contributed by atoms with Crippen molar-refractivity contribution in [1.82, 2.24) is 15.3 Å². The molecule has 0 unspecified atom stereocenters. The van der Waals surface area contributed by atoms with Gasteiger partial charge in [-0.25, -0.2) is 9.97 Å². The van der Waals surface area contributed by atoms with Crippen molar-refractivity contribution < 1.29 is 14.3 Å². The molecule has 1 aromatic carbocycles. The Morgan fingerprint density at radius 3 is 2.82 bits per heavy atom. The normalized spacial score (nSPS) is 15.3. The number of carbonyl (C=O) groups excluding carboxylic acids is 1. The smallest absolute Gasteiger partial charge is 0.256 e. The van der Waals surface area contributed by atoms with E-state index in [1.807, 2.05) is 55.0 Å². The molecule has 1 atom stereocenters. The first-order valence-corrected chi connectivity index (χ1v) is 10.9. The van der Waals surface area contributed by atoms with E-state index in [1.165, 1.54) is 11.8 Å². The first-order chi connectivity index (χ1) is 13.7. The summed E-state index contributed by atoms with van der Waals surface area (Å²) in [7, 11) is 0. The van der Waals surface area contributed by atoms with Crippen LogP contribution in [-0.2, 0) is 0 Å². The van der Waals surface area contributed by atoms with Gasteiger partial charge in [-0.15, -0.1) is 23.1 Å². The Hall–Kier alpha value is -2.58. The van der Waals surface area contributed by atoms with Crippen LogP contribution >= 0.6 is 23.1 Å². The van der Waals surface area contributed by atoms with E-state index in [1.54, 1.807) is 11.3 Å². The molecule has 1 N–H and O–H groups in total. The molecule has 3 heterocycles. The summed E-state index contributed by atoms with van der Waals surface area (Å²) >= 11 is 3.01. The number of thiophene rings is 1. The van der Waals surface area contributed by atoms with Crippen LogP contribution in [0.25, 0.3) is 10.7 Å². The van der Waals surface area contributed by atoms with Crippen molar-refractivity contribution in [3.05, 3.63) is 53.0 Å². The number of aromatic nitrogens is 2. The minimum absolute atomic E-state index is 0.206. The van der Waals surface area contributed by atoms with Crippen molar-refractivity contribution in [2.45, 2.75) is 18.1 Å². The Morgan fingerprint density at radius 2 is 2.07 bits per heavy atom. The zero-order chi connectivity index (χ0) is 19.5. The van der Waals surface area contributed by atoms with Crippen molar-refractivity contribution in [3.63, 3.8) is 0 Å². The minimum atomic E-state index is -0.247. The van der Waals surface area contributed by atoms with Gasteiger partial charge in [0.15, 0.2) is 17.3 Å². The maximum Gasteiger partial charge on any atom is 0.256 e. The van der Waals surface area contributed by atoms with Crippen LogP contribution in [0.1, 0.15) is 16.1 Å². The van der Waals surface area contributed by atoms with Gasteiger partial charge in [0.05, 0.1) is 22.7 Å². The molecule has 0 aliphatic carbocycles. The molecule has 6 nitrogen and oxygen atoms in total. The third-order valence-corrected chi connectivity index (χ3v) is 5.82. The summed E-state index contributed by atoms with van der Waals surface area (Å²) in [5.41, 5.74) is 1.16. The van der Waals surface area contributed by atoms with Gasteiger partial charge in [0.25, 0.3) is 5.91 Å². The maximum absolute atomic E-state index is 12.8. The average Bonchev–Trinajstić information content (AvgIpc) is 3.26. The molecule has 2 aromatic heterocycles. The summed E-state index contributed by atoms with van der Waals surface area (Å²) in [6.45, 7) is 2.57. The number of benzene rings is 1. The van der Waals surface area contributed by atoms with Gasteiger partial charge in [-0.2, -0.15) is 0 Å². The van der Waals surface area contributed by atoms with E-state index in [-0.39, 0.29) is 12.0 Å². The van der Waals surface area contributed by atoms with Gasteiger partial charge >= 0.3 is 0 Å². The molecule has 0 bridgehead atoms. The zero-order valence-corrected chi connectivity index (χ0v) is 17.1. The second kappa shape index (κ2) is 8.20. The van der Waals surface area contributed by atoms with Crippen molar-refractivity contribution in [2.24, 2.45) is 0 Å². The van der Waals surface area contributed by atoms with Crippen molar-refractivity contribution in [3.8, 4) is 22.2 Å². The lowest BCUT2D eigenvalue weighted by Crippen LogP contribution is -2.41. The molecule has 1 aliphatic rings. The fourth-order valence-electron chi connectivity index (χ4n) is 2.93. The predicted molar refractivity (Wildman–Crippen MR) is 111 cm³/mol. The summed E-state index contributed by atoms with van der Waals surface area (Å²) in [6, 6.07) is 11.5. The molecule has 0 radical (unpaired) electrons. The van der Waals surface area contributed by atoms with E-state index in [4.69, 9.17) is 9.47 Å². The largest absolute Gasteiger partial charge is 0.486 e. The molecule has 3 aromatic rings. The SMILES string of the molecule is CSc1nc(-c2cccs2)nc(C)c1C(=O)NC[C@@H]1COc2ccccc2O1. The van der Waals surface area contributed by atoms with Crippen LogP contribution < -0.4 is 14.8 Å². The van der Waals surface area contributed by atoms with Crippen LogP contribution in [0.4, 0.5) is 0 Å². The number of thioether (sulfide) groups is 1. The lowest BCUT2D eigenvalue weighted by molar-refractivity contribution is 0.0786. The summed E-state index contributed by atoms with van der Waals surface area (Å²) in [4.78, 5) is 22.9. The summed E-state index contributed by atoms with van der Waals surface area (Å²) in [5, 5.41) is 5.58. The molecule has 0 spiro atoms. The molecule has 0 saturated heterocycles. The maximum atomic E-state index is 12.8. The number of fused-ring (bicyclic) bond motifs is 1. The highest BCUT2D eigenvalue weighted by molar-refractivity contribution is 7.98. The van der Waals surface area contributed by atoms with Gasteiger partial charge in [0.1, 0.15) is 17.7 Å². The second-order valence-electron chi connectivity index (χ2n) is 6.20. The third-order valence-electron chi connectivity index (χ3n) is 4.28. The van der Waals surface area contributed by atoms with Gasteiger partial charge in [-0.05, 0) is 36.8 Å². The Morgan fingerprint density at radius 1 is 1.25 bits per heavy atom. The molecule has 0 saturated carbocycles. The van der Waals surface area contributed by atoms with Crippen molar-refractivity contribution in [1.29, 1.82) is 0 Å². The number of amides is 1. The number of hydrogen-bond acceptors (Lipinski definition) is 7. The van der Waals surface area contributed by atoms with Crippen molar-refractivity contribution >= 4 is 29.0 Å². The molecule has 1 amide bonds. The van der Waals surface area contributed by atoms with E-state index in [0.717, 1.165) is 10.6 Å². The Kier molecular flexibility index (Phi) is 5.50. The number of carbonyl (C=O) groups is 1. The predicted octanol–water partition coefficient (Wildman–Crippen LogP) is 3.81. The first-order valence-electron chi connectivity index (χ1n) is 8.79. The fraction of sp³-hybridized carbons (Fsp3) is 0.250. The molecule has 0 fully saturated rings. The van der Waals surface area contributed by atoms with Gasteiger partial charge in [-0.3, -0.25) is 4.79 Å². The quantitative estimate of drug-likeness (QED) is 0.507. The monoisotopic (exact) mass is 413 g/mol. The van der Waals surface area contributed by atoms with E-state index >= 15 is 0 Å². The number of rotatable bonds is 5. The average molecular weight is 414 g/mol. The lowest BCUT2D eigenvalue weighted by atomic mass is 10.2. The number of para-hydroxylation sites is 2. The summed E-state index contributed by atoms with van der Waals surface area (Å²) in [6.07, 6.45) is 1.66. The molecule has 144 valence electrons. The van der Waals surface area contributed by atoms with Crippen LogP contribution in [0.3, 0.4) is 0 Å². The van der Waals surface area contributed by atoms with Crippen molar-refractivity contribution in [2.75, 3.05) is 19.4 Å². The van der Waals surface area contributed by atoms with Crippen LogP contribution in [0.5, 0.6) is 11.5 Å². The van der Waals surface area contributed by atoms with Crippen LogP contribution in [0, 0.1) is 6.92 Å². The third kappa shape index (κ3) is 3.83. The minimum Gasteiger partial charge on any atom is -0.486 e. The molecular formula is C20H19N3O3S2. The van der Waals surface area contributed by atoms with E-state index in [9.17, 15) is 4.79 Å². The molecular weight excluding hydrogens is 394 g/mol. The lowest BCUT2D eigenvalue weighted by Gasteiger charge is -2.26. The van der Waals surface area contributed by atoms with E-state index in [0.29, 0.717) is 41.0 Å². The fourth-order valence-corrected chi connectivity index (χ4v) is 4.21. The standard InChI is InChI=1S/C20H19N3O3S2/c1-12-17(20(27-2)23-18(22-12)16-8-5-9-28-16)19(24)21-10-13-11-25-14-6-3-4-7-15(14)26-13/h3-9,13H,10-11H2,1-2H3,(H,21,24)/t13-/m1/s1. The molecule has 4 rings (SSSR count). The molecule has 1 aliphatic heterocycles. The van der Waals surface area contributed by atoms with Crippen LogP contribution in [0.15, 0.2) is 46.8 Å². The van der Waals surface area contributed by atoms with E-state index in [2.05, 4.69) is 15.3 Å².